The molecular weight excluding hydrogens is 194 g/mol. The highest BCUT2D eigenvalue weighted by molar-refractivity contribution is 5.76. The highest BCUT2D eigenvalue weighted by atomic mass is 16.5. The fourth-order valence-corrected chi connectivity index (χ4v) is 1.55. The molecule has 0 atom stereocenters. The van der Waals surface area contributed by atoms with Crippen LogP contribution >= 0.6 is 0 Å². The second kappa shape index (κ2) is 4.89. The number of methoxy groups -OCH3 is 1. The van der Waals surface area contributed by atoms with Gasteiger partial charge in [0.05, 0.1) is 12.2 Å². The molecule has 0 unspecified atom stereocenters. The van der Waals surface area contributed by atoms with Gasteiger partial charge in [0, 0.05) is 19.3 Å². The van der Waals surface area contributed by atoms with E-state index in [-0.39, 0.29) is 11.1 Å². The summed E-state index contributed by atoms with van der Waals surface area (Å²) in [6, 6.07) is 1.83. The molecule has 82 valence electrons. The number of hydrogen-bond donors (Lipinski definition) is 0. The van der Waals surface area contributed by atoms with E-state index in [1.165, 1.54) is 0 Å². The molecule has 0 aliphatic carbocycles. The first kappa shape index (κ1) is 11.7. The Labute approximate surface area is 88.5 Å². The average Bonchev–Trinajstić information content (AvgIpc) is 2.17. The van der Waals surface area contributed by atoms with Crippen LogP contribution in [0.25, 0.3) is 0 Å². The molecule has 0 N–H and O–H groups in total. The summed E-state index contributed by atoms with van der Waals surface area (Å²) in [5, 5.41) is 0. The summed E-state index contributed by atoms with van der Waals surface area (Å²) in [4.78, 5) is 22.6. The summed E-state index contributed by atoms with van der Waals surface area (Å²) in [5.41, 5.74) is 1.57. The van der Waals surface area contributed by atoms with Crippen LogP contribution in [-0.4, -0.2) is 24.6 Å². The molecule has 4 nitrogen and oxygen atoms in total. The van der Waals surface area contributed by atoms with Crippen LogP contribution < -0.4 is 5.56 Å². The maximum absolute atomic E-state index is 11.8. The Morgan fingerprint density at radius 3 is 2.67 bits per heavy atom. The van der Waals surface area contributed by atoms with Gasteiger partial charge in [0.2, 0.25) is 0 Å². The Bertz CT molecular complexity index is 421. The van der Waals surface area contributed by atoms with Gasteiger partial charge in [-0.25, -0.2) is 0 Å². The molecule has 0 bridgehead atoms. The summed E-state index contributed by atoms with van der Waals surface area (Å²) in [5.74, 6) is 0. The van der Waals surface area contributed by atoms with E-state index in [0.717, 1.165) is 11.3 Å². The van der Waals surface area contributed by atoms with E-state index in [9.17, 15) is 9.59 Å². The van der Waals surface area contributed by atoms with Gasteiger partial charge in [-0.3, -0.25) is 9.59 Å². The third-order valence-electron chi connectivity index (χ3n) is 2.39. The van der Waals surface area contributed by atoms with Gasteiger partial charge in [-0.05, 0) is 25.5 Å². The Kier molecular flexibility index (Phi) is 3.80. The number of rotatable bonds is 4. The van der Waals surface area contributed by atoms with Crippen molar-refractivity contribution in [1.29, 1.82) is 0 Å². The minimum Gasteiger partial charge on any atom is -0.383 e. The van der Waals surface area contributed by atoms with Gasteiger partial charge in [-0.1, -0.05) is 0 Å². The Morgan fingerprint density at radius 2 is 2.13 bits per heavy atom. The van der Waals surface area contributed by atoms with Crippen LogP contribution in [0.2, 0.25) is 0 Å². The normalized spacial score (nSPS) is 10.3. The molecule has 0 aliphatic heterocycles. The molecule has 1 aromatic rings. The minimum atomic E-state index is -0.237. The molecule has 0 saturated carbocycles. The number of hydrogen-bond acceptors (Lipinski definition) is 3. The quantitative estimate of drug-likeness (QED) is 0.693. The van der Waals surface area contributed by atoms with Crippen molar-refractivity contribution in [3.8, 4) is 0 Å². The van der Waals surface area contributed by atoms with E-state index in [2.05, 4.69) is 0 Å². The monoisotopic (exact) mass is 209 g/mol. The fourth-order valence-electron chi connectivity index (χ4n) is 1.55. The summed E-state index contributed by atoms with van der Waals surface area (Å²) in [7, 11) is 1.58. The first-order valence-electron chi connectivity index (χ1n) is 4.77. The standard InChI is InChI=1S/C11H15NO3/c1-8-6-9(2)12(4-5-15-3)11(14)10(8)7-13/h6-7H,4-5H2,1-3H3. The molecule has 15 heavy (non-hydrogen) atoms. The molecular formula is C11H15NO3. The van der Waals surface area contributed by atoms with Crippen LogP contribution in [0.3, 0.4) is 0 Å². The van der Waals surface area contributed by atoms with Crippen LogP contribution in [-0.2, 0) is 11.3 Å². The number of carbonyl (C=O) groups excluding carboxylic acids is 1. The first-order valence-corrected chi connectivity index (χ1v) is 4.77. The van der Waals surface area contributed by atoms with Crippen LogP contribution in [0, 0.1) is 13.8 Å². The van der Waals surface area contributed by atoms with Gasteiger partial charge in [-0.15, -0.1) is 0 Å². The van der Waals surface area contributed by atoms with Crippen molar-refractivity contribution in [2.75, 3.05) is 13.7 Å². The Balaban J connectivity index is 3.26. The smallest absolute Gasteiger partial charge is 0.261 e. The van der Waals surface area contributed by atoms with Crippen LogP contribution in [0.5, 0.6) is 0 Å². The minimum absolute atomic E-state index is 0.233. The lowest BCUT2D eigenvalue weighted by Crippen LogP contribution is -2.28. The number of aryl methyl sites for hydroxylation is 2. The molecule has 0 radical (unpaired) electrons. The van der Waals surface area contributed by atoms with E-state index in [4.69, 9.17) is 4.74 Å². The van der Waals surface area contributed by atoms with Crippen LogP contribution in [0.1, 0.15) is 21.6 Å². The second-order valence-electron chi connectivity index (χ2n) is 3.45. The van der Waals surface area contributed by atoms with Crippen molar-refractivity contribution in [2.24, 2.45) is 0 Å². The maximum Gasteiger partial charge on any atom is 0.261 e. The number of aromatic nitrogens is 1. The van der Waals surface area contributed by atoms with Crippen molar-refractivity contribution >= 4 is 6.29 Å². The fraction of sp³-hybridized carbons (Fsp3) is 0.455. The topological polar surface area (TPSA) is 48.3 Å². The molecule has 0 amide bonds. The van der Waals surface area contributed by atoms with Crippen molar-refractivity contribution in [3.05, 3.63) is 33.2 Å². The van der Waals surface area contributed by atoms with Crippen LogP contribution in [0.4, 0.5) is 0 Å². The van der Waals surface area contributed by atoms with Gasteiger partial charge in [0.1, 0.15) is 0 Å². The van der Waals surface area contributed by atoms with Crippen molar-refractivity contribution in [2.45, 2.75) is 20.4 Å². The molecule has 1 rings (SSSR count). The number of aldehydes is 1. The number of ether oxygens (including phenoxy) is 1. The molecule has 1 heterocycles. The van der Waals surface area contributed by atoms with Gasteiger partial charge in [0.25, 0.3) is 5.56 Å². The second-order valence-corrected chi connectivity index (χ2v) is 3.45. The third kappa shape index (κ3) is 2.33. The van der Waals surface area contributed by atoms with E-state index in [0.29, 0.717) is 19.4 Å². The first-order chi connectivity index (χ1) is 7.11. The van der Waals surface area contributed by atoms with E-state index < -0.39 is 0 Å². The molecule has 0 fully saturated rings. The number of nitrogens with zero attached hydrogens (tertiary/aromatic N) is 1. The van der Waals surface area contributed by atoms with E-state index >= 15 is 0 Å². The lowest BCUT2D eigenvalue weighted by molar-refractivity contribution is 0.112. The highest BCUT2D eigenvalue weighted by Crippen LogP contribution is 2.04. The molecule has 0 aliphatic rings. The summed E-state index contributed by atoms with van der Waals surface area (Å²) in [6.45, 7) is 4.54. The van der Waals surface area contributed by atoms with Crippen molar-refractivity contribution in [3.63, 3.8) is 0 Å². The summed E-state index contributed by atoms with van der Waals surface area (Å²) < 4.78 is 6.47. The van der Waals surface area contributed by atoms with E-state index in [1.54, 1.807) is 18.6 Å². The number of pyridine rings is 1. The van der Waals surface area contributed by atoms with Gasteiger partial charge in [0.15, 0.2) is 6.29 Å². The Hall–Kier alpha value is -1.42. The summed E-state index contributed by atoms with van der Waals surface area (Å²) >= 11 is 0. The van der Waals surface area contributed by atoms with Crippen molar-refractivity contribution in [1.82, 2.24) is 4.57 Å². The lowest BCUT2D eigenvalue weighted by atomic mass is 10.1. The SMILES string of the molecule is COCCn1c(C)cc(C)c(C=O)c1=O. The van der Waals surface area contributed by atoms with E-state index in [1.807, 2.05) is 13.0 Å². The summed E-state index contributed by atoms with van der Waals surface area (Å²) in [6.07, 6.45) is 0.612. The molecule has 0 saturated heterocycles. The maximum atomic E-state index is 11.8. The zero-order valence-electron chi connectivity index (χ0n) is 9.24. The van der Waals surface area contributed by atoms with Crippen molar-refractivity contribution < 1.29 is 9.53 Å². The predicted octanol–water partition coefficient (Wildman–Crippen LogP) is 0.924. The average molecular weight is 209 g/mol. The highest BCUT2D eigenvalue weighted by Gasteiger charge is 2.08. The Morgan fingerprint density at radius 1 is 1.47 bits per heavy atom. The van der Waals surface area contributed by atoms with Crippen LogP contribution in [0.15, 0.2) is 10.9 Å². The van der Waals surface area contributed by atoms with Gasteiger partial charge in [-0.2, -0.15) is 0 Å². The molecule has 0 spiro atoms. The number of carbonyl (C=O) groups is 1. The molecule has 1 aromatic heterocycles. The third-order valence-corrected chi connectivity index (χ3v) is 2.39. The largest absolute Gasteiger partial charge is 0.383 e. The lowest BCUT2D eigenvalue weighted by Gasteiger charge is -2.11. The predicted molar refractivity (Wildman–Crippen MR) is 57.4 cm³/mol. The molecule has 0 aromatic carbocycles. The molecule has 4 heteroatoms. The zero-order valence-corrected chi connectivity index (χ0v) is 9.24. The van der Waals surface area contributed by atoms with Gasteiger partial charge < -0.3 is 9.30 Å². The zero-order chi connectivity index (χ0) is 11.4. The van der Waals surface area contributed by atoms with Gasteiger partial charge >= 0.3 is 0 Å².